The van der Waals surface area contributed by atoms with E-state index >= 15 is 0 Å². The Labute approximate surface area is 95.8 Å². The van der Waals surface area contributed by atoms with Gasteiger partial charge in [-0.3, -0.25) is 0 Å². The number of carbonyl (C=O) groups is 1. The smallest absolute Gasteiger partial charge is 0.356 e. The Bertz CT molecular complexity index is 483. The summed E-state index contributed by atoms with van der Waals surface area (Å²) in [6.45, 7) is 1.64. The third-order valence-corrected chi connectivity index (χ3v) is 1.90. The minimum atomic E-state index is -2.96. The van der Waals surface area contributed by atoms with Crippen molar-refractivity contribution in [3.63, 3.8) is 0 Å². The molecule has 1 aromatic rings. The minimum Gasteiger partial charge on any atom is -0.461 e. The molecule has 90 valence electrons. The zero-order valence-electron chi connectivity index (χ0n) is 8.91. The van der Waals surface area contributed by atoms with Gasteiger partial charge in [0, 0.05) is 0 Å². The Morgan fingerprint density at radius 3 is 2.82 bits per heavy atom. The van der Waals surface area contributed by atoms with Gasteiger partial charge in [0.15, 0.2) is 0 Å². The fourth-order valence-corrected chi connectivity index (χ4v) is 1.14. The summed E-state index contributed by atoms with van der Waals surface area (Å²) in [5.74, 6) is -0.870. The summed E-state index contributed by atoms with van der Waals surface area (Å²) < 4.78 is 29.7. The number of aromatic nitrogens is 1. The van der Waals surface area contributed by atoms with Crippen LogP contribution in [0.1, 0.15) is 35.1 Å². The molecule has 0 aliphatic heterocycles. The van der Waals surface area contributed by atoms with Gasteiger partial charge in [0.2, 0.25) is 0 Å². The largest absolute Gasteiger partial charge is 0.461 e. The molecular formula is C10H9F2N3O2. The zero-order chi connectivity index (χ0) is 13.0. The zero-order valence-corrected chi connectivity index (χ0v) is 8.91. The minimum absolute atomic E-state index is 0.0801. The van der Waals surface area contributed by atoms with Crippen molar-refractivity contribution in [3.05, 3.63) is 23.0 Å². The van der Waals surface area contributed by atoms with E-state index in [4.69, 9.17) is 11.0 Å². The Morgan fingerprint density at radius 2 is 2.35 bits per heavy atom. The number of nitrogen functional groups attached to an aromatic ring is 1. The van der Waals surface area contributed by atoms with Gasteiger partial charge in [-0.25, -0.2) is 18.6 Å². The fourth-order valence-electron chi connectivity index (χ4n) is 1.14. The van der Waals surface area contributed by atoms with E-state index in [1.807, 2.05) is 0 Å². The molecule has 0 saturated carbocycles. The summed E-state index contributed by atoms with van der Waals surface area (Å²) >= 11 is 0. The van der Waals surface area contributed by atoms with Crippen LogP contribution in [0.4, 0.5) is 14.5 Å². The van der Waals surface area contributed by atoms with Crippen molar-refractivity contribution >= 4 is 11.7 Å². The highest BCUT2D eigenvalue weighted by atomic mass is 19.3. The van der Waals surface area contributed by atoms with Gasteiger partial charge in [0.1, 0.15) is 17.5 Å². The van der Waals surface area contributed by atoms with Crippen LogP contribution in [-0.4, -0.2) is 17.6 Å². The molecule has 0 aromatic carbocycles. The number of nitrogens with two attached hydrogens (primary N) is 1. The first-order valence-corrected chi connectivity index (χ1v) is 4.67. The molecular weight excluding hydrogens is 232 g/mol. The van der Waals surface area contributed by atoms with Crippen molar-refractivity contribution in [1.29, 1.82) is 5.26 Å². The average Bonchev–Trinajstić information content (AvgIpc) is 2.29. The van der Waals surface area contributed by atoms with E-state index in [-0.39, 0.29) is 17.9 Å². The number of hydrogen-bond acceptors (Lipinski definition) is 5. The molecule has 0 spiro atoms. The number of anilines is 1. The van der Waals surface area contributed by atoms with Gasteiger partial charge in [-0.1, -0.05) is 0 Å². The van der Waals surface area contributed by atoms with Crippen LogP contribution in [0.5, 0.6) is 0 Å². The van der Waals surface area contributed by atoms with Crippen LogP contribution < -0.4 is 5.73 Å². The molecule has 0 aliphatic rings. The van der Waals surface area contributed by atoms with Gasteiger partial charge in [-0.2, -0.15) is 5.26 Å². The first-order chi connectivity index (χ1) is 8.01. The maximum Gasteiger partial charge on any atom is 0.356 e. The summed E-state index contributed by atoms with van der Waals surface area (Å²) in [5, 5.41) is 8.71. The summed E-state index contributed by atoms with van der Waals surface area (Å²) in [7, 11) is 0. The second-order valence-corrected chi connectivity index (χ2v) is 2.99. The number of alkyl halides is 2. The number of nitrogens with zero attached hydrogens (tertiary/aromatic N) is 2. The highest BCUT2D eigenvalue weighted by Gasteiger charge is 2.21. The van der Waals surface area contributed by atoms with Crippen molar-refractivity contribution in [2.75, 3.05) is 12.3 Å². The number of carbonyl (C=O) groups excluding carboxylic acids is 1. The van der Waals surface area contributed by atoms with Crippen LogP contribution in [-0.2, 0) is 4.74 Å². The third-order valence-electron chi connectivity index (χ3n) is 1.90. The first kappa shape index (κ1) is 12.8. The molecule has 0 aliphatic carbocycles. The molecule has 0 radical (unpaired) electrons. The van der Waals surface area contributed by atoms with Crippen LogP contribution >= 0.6 is 0 Å². The van der Waals surface area contributed by atoms with Crippen molar-refractivity contribution in [3.8, 4) is 6.07 Å². The van der Waals surface area contributed by atoms with E-state index in [1.165, 1.54) is 0 Å². The van der Waals surface area contributed by atoms with Crippen molar-refractivity contribution in [2.24, 2.45) is 0 Å². The summed E-state index contributed by atoms with van der Waals surface area (Å²) in [4.78, 5) is 14.7. The van der Waals surface area contributed by atoms with Gasteiger partial charge in [-0.15, -0.1) is 0 Å². The summed E-state index contributed by atoms with van der Waals surface area (Å²) in [5.41, 5.74) is 3.54. The highest BCUT2D eigenvalue weighted by molar-refractivity contribution is 5.88. The van der Waals surface area contributed by atoms with Crippen molar-refractivity contribution in [2.45, 2.75) is 13.3 Å². The molecule has 17 heavy (non-hydrogen) atoms. The standard InChI is InChI=1S/C10H9F2N3O2/c1-2-17-10(16)6-3-5(4-13)7(14)8(15-6)9(11)12/h3,9H,2,14H2,1H3. The molecule has 0 bridgehead atoms. The topological polar surface area (TPSA) is 89.0 Å². The molecule has 1 aromatic heterocycles. The molecule has 0 amide bonds. The second-order valence-electron chi connectivity index (χ2n) is 2.99. The van der Waals surface area contributed by atoms with E-state index < -0.39 is 23.8 Å². The highest BCUT2D eigenvalue weighted by Crippen LogP contribution is 2.26. The van der Waals surface area contributed by atoms with E-state index in [2.05, 4.69) is 9.72 Å². The molecule has 5 nitrogen and oxygen atoms in total. The lowest BCUT2D eigenvalue weighted by Gasteiger charge is -2.08. The first-order valence-electron chi connectivity index (χ1n) is 4.67. The predicted octanol–water partition coefficient (Wildman–Crippen LogP) is 1.65. The molecule has 1 rings (SSSR count). The van der Waals surface area contributed by atoms with Gasteiger partial charge in [-0.05, 0) is 13.0 Å². The van der Waals surface area contributed by atoms with E-state index in [9.17, 15) is 13.6 Å². The molecule has 7 heteroatoms. The lowest BCUT2D eigenvalue weighted by Crippen LogP contribution is -2.11. The number of rotatable bonds is 3. The third kappa shape index (κ3) is 2.66. The molecule has 2 N–H and O–H groups in total. The lowest BCUT2D eigenvalue weighted by molar-refractivity contribution is 0.0518. The Hall–Kier alpha value is -2.23. The fraction of sp³-hybridized carbons (Fsp3) is 0.300. The average molecular weight is 241 g/mol. The van der Waals surface area contributed by atoms with Crippen LogP contribution in [0.25, 0.3) is 0 Å². The predicted molar refractivity (Wildman–Crippen MR) is 54.3 cm³/mol. The van der Waals surface area contributed by atoms with E-state index in [0.29, 0.717) is 0 Å². The molecule has 0 saturated heterocycles. The van der Waals surface area contributed by atoms with E-state index in [1.54, 1.807) is 13.0 Å². The summed E-state index contributed by atoms with van der Waals surface area (Å²) in [6, 6.07) is 2.65. The normalized spacial score (nSPS) is 10.1. The van der Waals surface area contributed by atoms with Gasteiger partial charge < -0.3 is 10.5 Å². The number of halogens is 2. The quantitative estimate of drug-likeness (QED) is 0.812. The van der Waals surface area contributed by atoms with Crippen molar-refractivity contribution in [1.82, 2.24) is 4.98 Å². The lowest BCUT2D eigenvalue weighted by atomic mass is 10.1. The van der Waals surface area contributed by atoms with E-state index in [0.717, 1.165) is 6.07 Å². The maximum absolute atomic E-state index is 12.6. The second kappa shape index (κ2) is 5.21. The molecule has 0 fully saturated rings. The van der Waals surface area contributed by atoms with Crippen LogP contribution in [0, 0.1) is 11.3 Å². The number of pyridine rings is 1. The number of esters is 1. The number of ether oxygens (including phenoxy) is 1. The molecule has 1 heterocycles. The maximum atomic E-state index is 12.6. The number of nitriles is 1. The van der Waals surface area contributed by atoms with Crippen LogP contribution in [0.3, 0.4) is 0 Å². The van der Waals surface area contributed by atoms with Crippen LogP contribution in [0.2, 0.25) is 0 Å². The summed E-state index contributed by atoms with van der Waals surface area (Å²) in [6.07, 6.45) is -2.96. The van der Waals surface area contributed by atoms with Gasteiger partial charge >= 0.3 is 5.97 Å². The van der Waals surface area contributed by atoms with Crippen LogP contribution in [0.15, 0.2) is 6.07 Å². The van der Waals surface area contributed by atoms with Gasteiger partial charge in [0.25, 0.3) is 6.43 Å². The van der Waals surface area contributed by atoms with Crippen molar-refractivity contribution < 1.29 is 18.3 Å². The van der Waals surface area contributed by atoms with Gasteiger partial charge in [0.05, 0.1) is 17.9 Å². The Morgan fingerprint density at radius 1 is 1.71 bits per heavy atom. The molecule has 0 unspecified atom stereocenters. The molecule has 0 atom stereocenters. The SMILES string of the molecule is CCOC(=O)c1cc(C#N)c(N)c(C(F)F)n1. The Kier molecular flexibility index (Phi) is 3.93. The number of hydrogen-bond donors (Lipinski definition) is 1. The Balaban J connectivity index is 3.31. The monoisotopic (exact) mass is 241 g/mol.